The molecule has 108 valence electrons. The Kier molecular flexibility index (Phi) is 5.76. The first kappa shape index (κ1) is 15.9. The quantitative estimate of drug-likeness (QED) is 0.799. The Morgan fingerprint density at radius 2 is 2.11 bits per heavy atom. The van der Waals surface area contributed by atoms with Crippen molar-refractivity contribution in [2.24, 2.45) is 5.92 Å². The van der Waals surface area contributed by atoms with Gasteiger partial charge in [0.25, 0.3) is 0 Å². The first-order chi connectivity index (χ1) is 8.84. The molecule has 0 spiro atoms. The van der Waals surface area contributed by atoms with E-state index in [1.807, 2.05) is 13.0 Å². The molecule has 0 saturated heterocycles. The first-order valence-electron chi connectivity index (χ1n) is 6.59. The summed E-state index contributed by atoms with van der Waals surface area (Å²) in [4.78, 5) is 0. The number of benzene rings is 1. The predicted molar refractivity (Wildman–Crippen MR) is 74.7 cm³/mol. The third-order valence-corrected chi connectivity index (χ3v) is 2.90. The smallest absolute Gasteiger partial charge is 0.165 e. The normalized spacial score (nSPS) is 14.5. The second-order valence-electron chi connectivity index (χ2n) is 5.67. The fraction of sp³-hybridized carbons (Fsp3) is 0.600. The Bertz CT molecular complexity index is 405. The Labute approximate surface area is 114 Å². The standard InChI is InChI=1S/C15H24FNO2/c1-11(2)8-15(3,18)10-17-9-12-5-6-14(19-4)13(16)7-12/h5-7,11,17-18H,8-10H2,1-4H3. The van der Waals surface area contributed by atoms with E-state index in [-0.39, 0.29) is 11.6 Å². The number of halogens is 1. The van der Waals surface area contributed by atoms with E-state index in [4.69, 9.17) is 4.74 Å². The summed E-state index contributed by atoms with van der Waals surface area (Å²) in [5, 5.41) is 13.3. The summed E-state index contributed by atoms with van der Waals surface area (Å²) >= 11 is 0. The minimum Gasteiger partial charge on any atom is -0.494 e. The van der Waals surface area contributed by atoms with Crippen LogP contribution in [0.3, 0.4) is 0 Å². The summed E-state index contributed by atoms with van der Waals surface area (Å²) in [5.74, 6) is 0.321. The van der Waals surface area contributed by atoms with Crippen LogP contribution in [0.2, 0.25) is 0 Å². The van der Waals surface area contributed by atoms with Crippen molar-refractivity contribution in [3.8, 4) is 5.75 Å². The van der Waals surface area contributed by atoms with E-state index in [1.165, 1.54) is 13.2 Å². The summed E-state index contributed by atoms with van der Waals surface area (Å²) in [6.07, 6.45) is 0.733. The van der Waals surface area contributed by atoms with Crippen molar-refractivity contribution in [3.63, 3.8) is 0 Å². The average Bonchev–Trinajstić information content (AvgIpc) is 2.27. The fourth-order valence-electron chi connectivity index (χ4n) is 2.25. The van der Waals surface area contributed by atoms with Crippen molar-refractivity contribution in [1.82, 2.24) is 5.32 Å². The molecule has 1 atom stereocenters. The summed E-state index contributed by atoms with van der Waals surface area (Å²) in [6, 6.07) is 4.87. The zero-order valence-electron chi connectivity index (χ0n) is 12.2. The van der Waals surface area contributed by atoms with E-state index in [1.54, 1.807) is 6.07 Å². The van der Waals surface area contributed by atoms with Gasteiger partial charge in [0.15, 0.2) is 11.6 Å². The Hall–Kier alpha value is -1.13. The van der Waals surface area contributed by atoms with Crippen LogP contribution in [0.25, 0.3) is 0 Å². The maximum Gasteiger partial charge on any atom is 0.165 e. The van der Waals surface area contributed by atoms with E-state index in [2.05, 4.69) is 19.2 Å². The van der Waals surface area contributed by atoms with Crippen molar-refractivity contribution < 1.29 is 14.2 Å². The van der Waals surface area contributed by atoms with Crippen LogP contribution in [0, 0.1) is 11.7 Å². The molecule has 0 heterocycles. The lowest BCUT2D eigenvalue weighted by Crippen LogP contribution is -2.38. The molecule has 3 nitrogen and oxygen atoms in total. The molecule has 2 N–H and O–H groups in total. The number of hydrogen-bond donors (Lipinski definition) is 2. The van der Waals surface area contributed by atoms with Crippen LogP contribution in [0.4, 0.5) is 4.39 Å². The number of methoxy groups -OCH3 is 1. The van der Waals surface area contributed by atoms with Gasteiger partial charge in [-0.3, -0.25) is 0 Å². The third-order valence-electron chi connectivity index (χ3n) is 2.90. The van der Waals surface area contributed by atoms with Crippen molar-refractivity contribution in [1.29, 1.82) is 0 Å². The Morgan fingerprint density at radius 1 is 1.42 bits per heavy atom. The molecule has 0 radical (unpaired) electrons. The molecule has 0 saturated carbocycles. The van der Waals surface area contributed by atoms with Gasteiger partial charge in [0.05, 0.1) is 12.7 Å². The summed E-state index contributed by atoms with van der Waals surface area (Å²) in [5.41, 5.74) is 0.0952. The van der Waals surface area contributed by atoms with Crippen LogP contribution in [0.5, 0.6) is 5.75 Å². The monoisotopic (exact) mass is 269 g/mol. The largest absolute Gasteiger partial charge is 0.494 e. The van der Waals surface area contributed by atoms with Gasteiger partial charge in [-0.2, -0.15) is 0 Å². The highest BCUT2D eigenvalue weighted by molar-refractivity contribution is 5.29. The first-order valence-corrected chi connectivity index (χ1v) is 6.59. The molecule has 0 bridgehead atoms. The minimum atomic E-state index is -0.737. The van der Waals surface area contributed by atoms with E-state index in [0.29, 0.717) is 19.0 Å². The summed E-state index contributed by atoms with van der Waals surface area (Å²) < 4.78 is 18.3. The Balaban J connectivity index is 2.47. The van der Waals surface area contributed by atoms with Crippen LogP contribution in [-0.4, -0.2) is 24.4 Å². The lowest BCUT2D eigenvalue weighted by Gasteiger charge is -2.25. The lowest BCUT2D eigenvalue weighted by atomic mass is 9.94. The fourth-order valence-corrected chi connectivity index (χ4v) is 2.25. The van der Waals surface area contributed by atoms with Crippen molar-refractivity contribution in [3.05, 3.63) is 29.6 Å². The molecular weight excluding hydrogens is 245 g/mol. The zero-order valence-corrected chi connectivity index (χ0v) is 12.2. The van der Waals surface area contributed by atoms with Gasteiger partial charge in [0, 0.05) is 13.1 Å². The highest BCUT2D eigenvalue weighted by Gasteiger charge is 2.21. The molecular formula is C15H24FNO2. The number of ether oxygens (including phenoxy) is 1. The van der Waals surface area contributed by atoms with Gasteiger partial charge in [-0.25, -0.2) is 4.39 Å². The van der Waals surface area contributed by atoms with Gasteiger partial charge in [-0.05, 0) is 37.0 Å². The molecule has 0 aliphatic carbocycles. The number of rotatable bonds is 7. The molecule has 19 heavy (non-hydrogen) atoms. The molecule has 0 amide bonds. The van der Waals surface area contributed by atoms with Crippen LogP contribution < -0.4 is 10.1 Å². The Morgan fingerprint density at radius 3 is 2.63 bits per heavy atom. The van der Waals surface area contributed by atoms with Gasteiger partial charge < -0.3 is 15.2 Å². The van der Waals surface area contributed by atoms with Gasteiger partial charge in [0.2, 0.25) is 0 Å². The summed E-state index contributed by atoms with van der Waals surface area (Å²) in [7, 11) is 1.44. The third kappa shape index (κ3) is 5.57. The predicted octanol–water partition coefficient (Wildman–Crippen LogP) is 2.72. The second kappa shape index (κ2) is 6.87. The van der Waals surface area contributed by atoms with Crippen LogP contribution >= 0.6 is 0 Å². The number of aliphatic hydroxyl groups is 1. The lowest BCUT2D eigenvalue weighted by molar-refractivity contribution is 0.0383. The van der Waals surface area contributed by atoms with Crippen LogP contribution in [0.1, 0.15) is 32.8 Å². The molecule has 1 aromatic rings. The highest BCUT2D eigenvalue weighted by atomic mass is 19.1. The van der Waals surface area contributed by atoms with Crippen molar-refractivity contribution in [2.45, 2.75) is 39.3 Å². The molecule has 0 aromatic heterocycles. The molecule has 1 rings (SSSR count). The molecule has 0 aliphatic rings. The highest BCUT2D eigenvalue weighted by Crippen LogP contribution is 2.18. The molecule has 0 fully saturated rings. The second-order valence-corrected chi connectivity index (χ2v) is 5.67. The molecule has 1 aromatic carbocycles. The maximum absolute atomic E-state index is 13.5. The van der Waals surface area contributed by atoms with E-state index >= 15 is 0 Å². The summed E-state index contributed by atoms with van der Waals surface area (Å²) in [6.45, 7) is 6.98. The van der Waals surface area contributed by atoms with E-state index in [0.717, 1.165) is 12.0 Å². The minimum absolute atomic E-state index is 0.246. The van der Waals surface area contributed by atoms with Crippen LogP contribution in [0.15, 0.2) is 18.2 Å². The van der Waals surface area contributed by atoms with E-state index < -0.39 is 5.60 Å². The van der Waals surface area contributed by atoms with Crippen LogP contribution in [-0.2, 0) is 6.54 Å². The topological polar surface area (TPSA) is 41.5 Å². The van der Waals surface area contributed by atoms with E-state index in [9.17, 15) is 9.50 Å². The van der Waals surface area contributed by atoms with Gasteiger partial charge in [-0.1, -0.05) is 19.9 Å². The molecule has 1 unspecified atom stereocenters. The average molecular weight is 269 g/mol. The SMILES string of the molecule is COc1ccc(CNCC(C)(O)CC(C)C)cc1F. The number of nitrogens with one attached hydrogen (secondary N) is 1. The van der Waals surface area contributed by atoms with Gasteiger partial charge >= 0.3 is 0 Å². The maximum atomic E-state index is 13.5. The molecule has 0 aliphatic heterocycles. The van der Waals surface area contributed by atoms with Crippen molar-refractivity contribution >= 4 is 0 Å². The zero-order chi connectivity index (χ0) is 14.5. The van der Waals surface area contributed by atoms with Crippen molar-refractivity contribution in [2.75, 3.05) is 13.7 Å². The van der Waals surface area contributed by atoms with Gasteiger partial charge in [0.1, 0.15) is 0 Å². The van der Waals surface area contributed by atoms with Gasteiger partial charge in [-0.15, -0.1) is 0 Å². The molecule has 4 heteroatoms. The number of hydrogen-bond acceptors (Lipinski definition) is 3.